The van der Waals surface area contributed by atoms with Crippen LogP contribution in [-0.4, -0.2) is 57.4 Å². The highest BCUT2D eigenvalue weighted by atomic mass is 16.5. The van der Waals surface area contributed by atoms with Crippen molar-refractivity contribution < 1.29 is 25.0 Å². The number of carbonyl (C=O) groups excluding carboxylic acids is 2. The third kappa shape index (κ3) is 5.64. The Morgan fingerprint density at radius 3 is 1.85 bits per heavy atom. The maximum Gasteiger partial charge on any atom is 0.278 e. The number of benzene rings is 2. The summed E-state index contributed by atoms with van der Waals surface area (Å²) in [5.41, 5.74) is 1.73. The van der Waals surface area contributed by atoms with Gasteiger partial charge in [0.2, 0.25) is 0 Å². The average Bonchev–Trinajstić information content (AvgIpc) is 2.84. The van der Waals surface area contributed by atoms with Gasteiger partial charge in [-0.1, -0.05) is 42.7 Å². The van der Waals surface area contributed by atoms with Gasteiger partial charge in [0.1, 0.15) is 6.10 Å². The van der Waals surface area contributed by atoms with Crippen molar-refractivity contribution in [2.24, 2.45) is 0 Å². The summed E-state index contributed by atoms with van der Waals surface area (Å²) in [5, 5.41) is 31.6. The molecule has 0 aromatic heterocycles. The lowest BCUT2D eigenvalue weighted by Crippen LogP contribution is -2.62. The van der Waals surface area contributed by atoms with Crippen molar-refractivity contribution in [2.45, 2.75) is 38.0 Å². The average molecular weight is 466 g/mol. The largest absolute Gasteiger partial charge is 0.387 e. The van der Waals surface area contributed by atoms with Crippen LogP contribution in [0.1, 0.15) is 49.1 Å². The molecular weight excluding hydrogens is 434 g/mol. The van der Waals surface area contributed by atoms with Gasteiger partial charge in [0.25, 0.3) is 11.8 Å². The molecule has 1 unspecified atom stereocenters. The lowest BCUT2D eigenvalue weighted by atomic mass is 9.94. The van der Waals surface area contributed by atoms with E-state index < -0.39 is 29.1 Å². The number of carbonyl (C=O) groups is 2. The number of nitrogens with one attached hydrogen (secondary N) is 2. The SMILES string of the molecule is C=C(c1ccc(C#Cc2ccc(C(O)C(C)(C)O)cc2)cc1)N(C)[C@@](C)(C(=O)NC)C(=O)NO. The van der Waals surface area contributed by atoms with E-state index in [4.69, 9.17) is 5.21 Å². The minimum atomic E-state index is -1.72. The number of hydroxylamine groups is 1. The second kappa shape index (κ2) is 10.5. The summed E-state index contributed by atoms with van der Waals surface area (Å²) in [6, 6.07) is 14.1. The van der Waals surface area contributed by atoms with Crippen molar-refractivity contribution in [1.82, 2.24) is 15.7 Å². The van der Waals surface area contributed by atoms with Crippen LogP contribution >= 0.6 is 0 Å². The van der Waals surface area contributed by atoms with Crippen LogP contribution in [0.15, 0.2) is 55.1 Å². The summed E-state index contributed by atoms with van der Waals surface area (Å²) < 4.78 is 0. The van der Waals surface area contributed by atoms with E-state index in [1.165, 1.54) is 24.4 Å². The van der Waals surface area contributed by atoms with Crippen molar-refractivity contribution in [1.29, 1.82) is 0 Å². The molecule has 0 fully saturated rings. The number of hydrogen-bond donors (Lipinski definition) is 5. The van der Waals surface area contributed by atoms with E-state index in [1.54, 1.807) is 69.4 Å². The van der Waals surface area contributed by atoms with Gasteiger partial charge in [-0.3, -0.25) is 14.8 Å². The molecule has 5 N–H and O–H groups in total. The van der Waals surface area contributed by atoms with Crippen LogP contribution in [0.3, 0.4) is 0 Å². The molecule has 0 aliphatic heterocycles. The molecule has 0 aliphatic carbocycles. The van der Waals surface area contributed by atoms with E-state index >= 15 is 0 Å². The number of nitrogens with zero attached hydrogens (tertiary/aromatic N) is 1. The molecule has 34 heavy (non-hydrogen) atoms. The van der Waals surface area contributed by atoms with Gasteiger partial charge in [-0.15, -0.1) is 0 Å². The number of likely N-dealkylation sites (N-methyl/N-ethyl adjacent to an activating group) is 2. The topological polar surface area (TPSA) is 122 Å². The summed E-state index contributed by atoms with van der Waals surface area (Å²) in [5.74, 6) is 4.60. The first-order valence-electron chi connectivity index (χ1n) is 10.6. The van der Waals surface area contributed by atoms with Gasteiger partial charge >= 0.3 is 0 Å². The molecule has 0 aliphatic rings. The molecular formula is C26H31N3O5. The second-order valence-corrected chi connectivity index (χ2v) is 8.60. The van der Waals surface area contributed by atoms with Crippen LogP contribution < -0.4 is 10.8 Å². The van der Waals surface area contributed by atoms with Gasteiger partial charge in [-0.25, -0.2) is 5.48 Å². The van der Waals surface area contributed by atoms with Crippen molar-refractivity contribution in [3.05, 3.63) is 77.4 Å². The van der Waals surface area contributed by atoms with E-state index in [9.17, 15) is 19.8 Å². The zero-order valence-corrected chi connectivity index (χ0v) is 20.0. The van der Waals surface area contributed by atoms with E-state index in [1.807, 2.05) is 0 Å². The number of aliphatic hydroxyl groups excluding tert-OH is 1. The highest BCUT2D eigenvalue weighted by Crippen LogP contribution is 2.26. The normalized spacial score (nSPS) is 13.5. The molecule has 2 atom stereocenters. The van der Waals surface area contributed by atoms with Gasteiger partial charge in [0, 0.05) is 30.9 Å². The van der Waals surface area contributed by atoms with E-state index in [2.05, 4.69) is 23.7 Å². The lowest BCUT2D eigenvalue weighted by molar-refractivity contribution is -0.147. The van der Waals surface area contributed by atoms with Gasteiger partial charge in [0.05, 0.1) is 5.60 Å². The fourth-order valence-corrected chi connectivity index (χ4v) is 3.27. The van der Waals surface area contributed by atoms with Crippen molar-refractivity contribution in [3.8, 4) is 11.8 Å². The molecule has 2 amide bonds. The molecule has 8 heteroatoms. The molecule has 0 bridgehead atoms. The van der Waals surface area contributed by atoms with Crippen LogP contribution in [0, 0.1) is 11.8 Å². The van der Waals surface area contributed by atoms with Gasteiger partial charge in [-0.2, -0.15) is 0 Å². The first kappa shape index (κ1) is 26.6. The maximum absolute atomic E-state index is 12.4. The zero-order valence-electron chi connectivity index (χ0n) is 20.0. The lowest BCUT2D eigenvalue weighted by Gasteiger charge is -2.37. The number of amides is 2. The molecule has 2 aromatic rings. The quantitative estimate of drug-likeness (QED) is 0.184. The van der Waals surface area contributed by atoms with Gasteiger partial charge in [-0.05, 0) is 56.2 Å². The molecule has 2 rings (SSSR count). The Bertz CT molecular complexity index is 1090. The number of hydrogen-bond acceptors (Lipinski definition) is 6. The van der Waals surface area contributed by atoms with Crippen LogP contribution in [0.25, 0.3) is 5.70 Å². The Morgan fingerprint density at radius 1 is 0.971 bits per heavy atom. The Hall–Kier alpha value is -3.64. The third-order valence-electron chi connectivity index (χ3n) is 5.75. The van der Waals surface area contributed by atoms with E-state index in [0.717, 1.165) is 11.1 Å². The van der Waals surface area contributed by atoms with Crippen molar-refractivity contribution >= 4 is 17.5 Å². The van der Waals surface area contributed by atoms with Crippen LogP contribution in [0.4, 0.5) is 0 Å². The molecule has 0 saturated carbocycles. The first-order valence-corrected chi connectivity index (χ1v) is 10.6. The standard InChI is InChI=1S/C26H31N3O5/c1-17(29(6)26(4,23(31)27-5)24(32)28-34)20-13-9-18(10-14-20)7-8-19-11-15-21(16-12-19)22(30)25(2,3)33/h9-16,22,30,33-34H,1H2,2-6H3,(H,27,31)(H,28,32)/t22?,26-/m0/s1. The van der Waals surface area contributed by atoms with Crippen LogP contribution in [0.2, 0.25) is 0 Å². The molecule has 180 valence electrons. The summed E-state index contributed by atoms with van der Waals surface area (Å²) in [6.07, 6.45) is -0.998. The van der Waals surface area contributed by atoms with Gasteiger partial charge < -0.3 is 20.4 Å². The van der Waals surface area contributed by atoms with Crippen molar-refractivity contribution in [3.63, 3.8) is 0 Å². The molecule has 0 radical (unpaired) electrons. The predicted octanol–water partition coefficient (Wildman–Crippen LogP) is 1.80. The summed E-state index contributed by atoms with van der Waals surface area (Å²) in [4.78, 5) is 26.0. The van der Waals surface area contributed by atoms with Crippen LogP contribution in [0.5, 0.6) is 0 Å². The summed E-state index contributed by atoms with van der Waals surface area (Å²) >= 11 is 0. The fraction of sp³-hybridized carbons (Fsp3) is 0.308. The molecule has 2 aromatic carbocycles. The third-order valence-corrected chi connectivity index (χ3v) is 5.75. The van der Waals surface area contributed by atoms with E-state index in [0.29, 0.717) is 16.8 Å². The molecule has 0 saturated heterocycles. The number of rotatable bonds is 7. The highest BCUT2D eigenvalue weighted by Gasteiger charge is 2.45. The van der Waals surface area contributed by atoms with Crippen LogP contribution in [-0.2, 0) is 9.59 Å². The monoisotopic (exact) mass is 465 g/mol. The number of aliphatic hydroxyl groups is 2. The minimum Gasteiger partial charge on any atom is -0.387 e. The first-order chi connectivity index (χ1) is 15.9. The van der Waals surface area contributed by atoms with E-state index in [-0.39, 0.29) is 0 Å². The Balaban J connectivity index is 2.20. The molecule has 0 heterocycles. The predicted molar refractivity (Wildman–Crippen MR) is 129 cm³/mol. The zero-order chi connectivity index (χ0) is 25.7. The summed E-state index contributed by atoms with van der Waals surface area (Å²) in [7, 11) is 2.94. The Labute approximate surface area is 199 Å². The smallest absolute Gasteiger partial charge is 0.278 e. The summed E-state index contributed by atoms with van der Waals surface area (Å²) in [6.45, 7) is 8.47. The Kier molecular flexibility index (Phi) is 8.24. The second-order valence-electron chi connectivity index (χ2n) is 8.60. The van der Waals surface area contributed by atoms with Gasteiger partial charge in [0.15, 0.2) is 5.54 Å². The fourth-order valence-electron chi connectivity index (χ4n) is 3.27. The minimum absolute atomic E-state index is 0.398. The van der Waals surface area contributed by atoms with Crippen molar-refractivity contribution in [2.75, 3.05) is 14.1 Å². The Morgan fingerprint density at radius 2 is 1.44 bits per heavy atom. The molecule has 8 nitrogen and oxygen atoms in total. The highest BCUT2D eigenvalue weighted by molar-refractivity contribution is 6.09. The maximum atomic E-state index is 12.4. The molecule has 0 spiro atoms.